The summed E-state index contributed by atoms with van der Waals surface area (Å²) >= 11 is 1.16. The number of thiophene rings is 1. The van der Waals surface area contributed by atoms with Crippen molar-refractivity contribution < 1.29 is 24.1 Å². The van der Waals surface area contributed by atoms with E-state index in [4.69, 9.17) is 14.2 Å². The lowest BCUT2D eigenvalue weighted by Crippen LogP contribution is -2.37. The monoisotopic (exact) mass is 489 g/mol. The van der Waals surface area contributed by atoms with Gasteiger partial charge in [0.1, 0.15) is 15.5 Å². The van der Waals surface area contributed by atoms with Crippen molar-refractivity contribution in [2.75, 3.05) is 40.5 Å². The van der Waals surface area contributed by atoms with Gasteiger partial charge in [0.15, 0.2) is 0 Å². The molecule has 0 aliphatic carbocycles. The van der Waals surface area contributed by atoms with Crippen LogP contribution in [0.15, 0.2) is 35.1 Å². The number of benzene rings is 1. The number of aryl methyl sites for hydroxylation is 1. The van der Waals surface area contributed by atoms with Gasteiger partial charge in [-0.25, -0.2) is 9.78 Å². The van der Waals surface area contributed by atoms with Crippen molar-refractivity contribution >= 4 is 27.5 Å². The van der Waals surface area contributed by atoms with Crippen LogP contribution in [0.4, 0.5) is 0 Å². The van der Waals surface area contributed by atoms with Crippen molar-refractivity contribution in [2.24, 2.45) is 0 Å². The first-order valence-corrected chi connectivity index (χ1v) is 11.9. The number of nitrogens with one attached hydrogen (secondary N) is 1. The maximum atomic E-state index is 12.8. The number of esters is 1. The van der Waals surface area contributed by atoms with Crippen LogP contribution in [0.25, 0.3) is 10.2 Å². The number of aromatic amines is 1. The fourth-order valence-corrected chi connectivity index (χ4v) is 4.89. The Labute approximate surface area is 202 Å². The average Bonchev–Trinajstić information content (AvgIpc) is 3.21. The first-order valence-electron chi connectivity index (χ1n) is 11.1. The Morgan fingerprint density at radius 1 is 1.26 bits per heavy atom. The average molecular weight is 490 g/mol. The normalized spacial score (nSPS) is 12.4. The molecule has 0 aliphatic rings. The minimum Gasteiger partial charge on any atom is -0.465 e. The van der Waals surface area contributed by atoms with Crippen molar-refractivity contribution in [3.05, 3.63) is 62.5 Å². The van der Waals surface area contributed by atoms with E-state index in [1.165, 1.54) is 7.11 Å². The van der Waals surface area contributed by atoms with E-state index in [1.807, 2.05) is 42.2 Å². The van der Waals surface area contributed by atoms with Crippen LogP contribution in [-0.2, 0) is 33.8 Å². The number of H-pyrrole nitrogens is 1. The van der Waals surface area contributed by atoms with Crippen LogP contribution in [0.5, 0.6) is 0 Å². The van der Waals surface area contributed by atoms with Crippen molar-refractivity contribution in [1.82, 2.24) is 14.9 Å². The van der Waals surface area contributed by atoms with Crippen molar-refractivity contribution in [3.8, 4) is 0 Å². The lowest BCUT2D eigenvalue weighted by molar-refractivity contribution is 0.00437. The molecule has 0 saturated heterocycles. The number of aromatic nitrogens is 2. The molecular formula is C24H31N3O6S. The van der Waals surface area contributed by atoms with Gasteiger partial charge in [0.05, 0.1) is 45.0 Å². The first-order chi connectivity index (χ1) is 16.5. The van der Waals surface area contributed by atoms with Gasteiger partial charge in [-0.15, -0.1) is 11.3 Å². The fraction of sp³-hybridized carbons (Fsp3) is 0.458. The Kier molecular flexibility index (Phi) is 9.73. The Morgan fingerprint density at radius 2 is 2.03 bits per heavy atom. The molecule has 34 heavy (non-hydrogen) atoms. The molecule has 2 N–H and O–H groups in total. The van der Waals surface area contributed by atoms with Gasteiger partial charge in [-0.05, 0) is 17.5 Å². The number of aliphatic hydroxyl groups excluding tert-OH is 1. The summed E-state index contributed by atoms with van der Waals surface area (Å²) in [6.07, 6.45) is -0.209. The topological polar surface area (TPSA) is 114 Å². The third-order valence-electron chi connectivity index (χ3n) is 5.31. The molecule has 2 heterocycles. The van der Waals surface area contributed by atoms with Crippen LogP contribution < -0.4 is 5.56 Å². The lowest BCUT2D eigenvalue weighted by Gasteiger charge is -2.24. The van der Waals surface area contributed by atoms with Gasteiger partial charge in [-0.2, -0.15) is 0 Å². The third-order valence-corrected chi connectivity index (χ3v) is 6.42. The smallest absolute Gasteiger partial charge is 0.348 e. The number of nitrogens with zero attached hydrogens (tertiary/aromatic N) is 2. The molecule has 2 aromatic heterocycles. The largest absolute Gasteiger partial charge is 0.465 e. The summed E-state index contributed by atoms with van der Waals surface area (Å²) in [5.74, 6) is -0.0209. The molecule has 0 spiro atoms. The van der Waals surface area contributed by atoms with Crippen LogP contribution in [-0.4, -0.2) is 72.6 Å². The lowest BCUT2D eigenvalue weighted by atomic mass is 10.1. The van der Waals surface area contributed by atoms with Crippen molar-refractivity contribution in [1.29, 1.82) is 0 Å². The van der Waals surface area contributed by atoms with Gasteiger partial charge < -0.3 is 24.3 Å². The predicted molar refractivity (Wildman–Crippen MR) is 130 cm³/mol. The van der Waals surface area contributed by atoms with Crippen LogP contribution in [0.3, 0.4) is 0 Å². The second-order valence-corrected chi connectivity index (χ2v) is 8.83. The Morgan fingerprint density at radius 3 is 2.71 bits per heavy atom. The molecule has 3 rings (SSSR count). The van der Waals surface area contributed by atoms with E-state index in [9.17, 15) is 14.7 Å². The van der Waals surface area contributed by atoms with Crippen LogP contribution in [0, 0.1) is 0 Å². The number of fused-ring (bicyclic) bond motifs is 1. The number of hydrogen-bond acceptors (Lipinski definition) is 9. The summed E-state index contributed by atoms with van der Waals surface area (Å²) in [5.41, 5.74) is 1.39. The molecule has 0 radical (unpaired) electrons. The van der Waals surface area contributed by atoms with Gasteiger partial charge in [0.25, 0.3) is 5.56 Å². The summed E-state index contributed by atoms with van der Waals surface area (Å²) in [6, 6.07) is 9.76. The van der Waals surface area contributed by atoms with E-state index in [2.05, 4.69) is 9.97 Å². The summed E-state index contributed by atoms with van der Waals surface area (Å²) in [5, 5.41) is 10.9. The molecule has 0 bridgehead atoms. The number of rotatable bonds is 13. The summed E-state index contributed by atoms with van der Waals surface area (Å²) < 4.78 is 15.7. The molecule has 0 aliphatic heterocycles. The van der Waals surface area contributed by atoms with E-state index in [0.29, 0.717) is 65.8 Å². The molecular weight excluding hydrogens is 458 g/mol. The van der Waals surface area contributed by atoms with Crippen molar-refractivity contribution in [3.63, 3.8) is 0 Å². The highest BCUT2D eigenvalue weighted by molar-refractivity contribution is 7.20. The van der Waals surface area contributed by atoms with Crippen LogP contribution in [0.2, 0.25) is 0 Å². The van der Waals surface area contributed by atoms with Gasteiger partial charge in [-0.1, -0.05) is 37.3 Å². The van der Waals surface area contributed by atoms with Gasteiger partial charge in [0.2, 0.25) is 0 Å². The van der Waals surface area contributed by atoms with Crippen LogP contribution >= 0.6 is 11.3 Å². The van der Waals surface area contributed by atoms with Gasteiger partial charge in [-0.3, -0.25) is 9.69 Å². The Hall–Kier alpha value is -2.63. The molecule has 0 amide bonds. The molecule has 1 unspecified atom stereocenters. The highest BCUT2D eigenvalue weighted by Crippen LogP contribution is 2.29. The number of methoxy groups -OCH3 is 2. The number of hydrogen-bond donors (Lipinski definition) is 2. The zero-order valence-corrected chi connectivity index (χ0v) is 20.5. The highest BCUT2D eigenvalue weighted by Gasteiger charge is 2.22. The summed E-state index contributed by atoms with van der Waals surface area (Å²) in [7, 11) is 2.92. The molecule has 0 fully saturated rings. The first kappa shape index (κ1) is 26.0. The highest BCUT2D eigenvalue weighted by atomic mass is 32.1. The van der Waals surface area contributed by atoms with Gasteiger partial charge in [0, 0.05) is 20.2 Å². The zero-order chi connectivity index (χ0) is 24.5. The van der Waals surface area contributed by atoms with E-state index >= 15 is 0 Å². The minimum atomic E-state index is -0.726. The molecule has 9 nitrogen and oxygen atoms in total. The molecule has 184 valence electrons. The molecule has 3 aromatic rings. The summed E-state index contributed by atoms with van der Waals surface area (Å²) in [4.78, 5) is 35.3. The fourth-order valence-electron chi connectivity index (χ4n) is 3.68. The number of aliphatic hydroxyl groups is 1. The molecule has 1 aromatic carbocycles. The second-order valence-electron chi connectivity index (χ2n) is 7.83. The number of carbonyl (C=O) groups excluding carboxylic acids is 1. The SMILES string of the molecule is CCc1c(C(=O)OC)sc2nc(CN(CCOC)CC(O)COCc3ccccc3)[nH]c(=O)c12. The maximum Gasteiger partial charge on any atom is 0.348 e. The molecule has 1 atom stereocenters. The van der Waals surface area contributed by atoms with Crippen molar-refractivity contribution in [2.45, 2.75) is 32.6 Å². The van der Waals surface area contributed by atoms with Crippen LogP contribution in [0.1, 0.15) is 33.5 Å². The second kappa shape index (κ2) is 12.7. The number of ether oxygens (including phenoxy) is 3. The standard InChI is InChI=1S/C24H31N3O6S/c1-4-18-20-22(29)25-19(26-23(20)34-21(18)24(30)32-3)13-27(10-11-31-2)12-17(28)15-33-14-16-8-6-5-7-9-16/h5-9,17,28H,4,10-15H2,1-3H3,(H,25,26,29). The van der Waals surface area contributed by atoms with Gasteiger partial charge >= 0.3 is 5.97 Å². The maximum absolute atomic E-state index is 12.8. The third kappa shape index (κ3) is 6.71. The van der Waals surface area contributed by atoms with E-state index in [-0.39, 0.29) is 12.2 Å². The Balaban J connectivity index is 1.71. The molecule has 0 saturated carbocycles. The minimum absolute atomic E-state index is 0.175. The predicted octanol–water partition coefficient (Wildman–Crippen LogP) is 2.36. The Bertz CT molecular complexity index is 1130. The number of carbonyl (C=O) groups is 1. The van der Waals surface area contributed by atoms with E-state index in [1.54, 1.807) is 7.11 Å². The summed E-state index contributed by atoms with van der Waals surface area (Å²) in [6.45, 7) is 4.09. The zero-order valence-electron chi connectivity index (χ0n) is 19.7. The quantitative estimate of drug-likeness (QED) is 0.352. The van der Waals surface area contributed by atoms with E-state index in [0.717, 1.165) is 16.9 Å². The van der Waals surface area contributed by atoms with E-state index < -0.39 is 12.1 Å². The molecule has 10 heteroatoms.